The summed E-state index contributed by atoms with van der Waals surface area (Å²) in [5, 5.41) is 14.8. The fourth-order valence-electron chi connectivity index (χ4n) is 2.32. The van der Waals surface area contributed by atoms with Crippen molar-refractivity contribution in [1.82, 2.24) is 5.32 Å². The Labute approximate surface area is 126 Å². The first-order chi connectivity index (χ1) is 10.1. The maximum atomic E-state index is 14.2. The van der Waals surface area contributed by atoms with Crippen LogP contribution in [0.3, 0.4) is 0 Å². The van der Waals surface area contributed by atoms with Crippen molar-refractivity contribution in [2.24, 2.45) is 16.8 Å². The highest BCUT2D eigenvalue weighted by Crippen LogP contribution is 2.14. The molecule has 5 heteroatoms. The van der Waals surface area contributed by atoms with Crippen LogP contribution in [0.1, 0.15) is 50.7 Å². The molecule has 4 nitrogen and oxygen atoms in total. The van der Waals surface area contributed by atoms with Crippen LogP contribution in [0.5, 0.6) is 0 Å². The smallest absolute Gasteiger partial charge is 0.173 e. The van der Waals surface area contributed by atoms with Gasteiger partial charge in [-0.1, -0.05) is 50.4 Å². The normalized spacial score (nSPS) is 13.4. The highest BCUT2D eigenvalue weighted by Gasteiger charge is 2.12. The van der Waals surface area contributed by atoms with Crippen LogP contribution in [-0.2, 0) is 6.54 Å². The fourth-order valence-corrected chi connectivity index (χ4v) is 2.32. The second kappa shape index (κ2) is 9.34. The molecule has 21 heavy (non-hydrogen) atoms. The first kappa shape index (κ1) is 17.4. The number of rotatable bonds is 9. The van der Waals surface area contributed by atoms with E-state index in [1.54, 1.807) is 12.1 Å². The Morgan fingerprint density at radius 3 is 2.81 bits per heavy atom. The van der Waals surface area contributed by atoms with Crippen LogP contribution in [0, 0.1) is 11.7 Å². The molecule has 0 heterocycles. The van der Waals surface area contributed by atoms with Crippen molar-refractivity contribution >= 4 is 5.84 Å². The number of oxime groups is 1. The molecule has 0 saturated heterocycles. The van der Waals surface area contributed by atoms with Crippen molar-refractivity contribution in [3.63, 3.8) is 0 Å². The van der Waals surface area contributed by atoms with E-state index in [-0.39, 0.29) is 11.4 Å². The van der Waals surface area contributed by atoms with Gasteiger partial charge in [-0.2, -0.15) is 0 Å². The van der Waals surface area contributed by atoms with E-state index in [0.29, 0.717) is 18.0 Å². The van der Waals surface area contributed by atoms with Gasteiger partial charge in [-0.25, -0.2) is 4.39 Å². The van der Waals surface area contributed by atoms with E-state index >= 15 is 0 Å². The second-order valence-corrected chi connectivity index (χ2v) is 5.31. The zero-order chi connectivity index (χ0) is 15.7. The highest BCUT2D eigenvalue weighted by molar-refractivity contribution is 5.97. The summed E-state index contributed by atoms with van der Waals surface area (Å²) in [7, 11) is 0. The SMILES string of the molecule is CCCCC(CC)CNCc1cccc(/C(N)=N/O)c1F. The maximum Gasteiger partial charge on any atom is 0.173 e. The van der Waals surface area contributed by atoms with E-state index in [1.165, 1.54) is 25.3 Å². The molecule has 0 aromatic heterocycles. The Kier molecular flexibility index (Phi) is 7.75. The van der Waals surface area contributed by atoms with Crippen molar-refractivity contribution in [3.05, 3.63) is 35.1 Å². The monoisotopic (exact) mass is 295 g/mol. The van der Waals surface area contributed by atoms with Gasteiger partial charge in [-0.15, -0.1) is 0 Å². The number of halogens is 1. The van der Waals surface area contributed by atoms with E-state index in [9.17, 15) is 4.39 Å². The van der Waals surface area contributed by atoms with Crippen LogP contribution in [0.15, 0.2) is 23.4 Å². The zero-order valence-electron chi connectivity index (χ0n) is 12.9. The standard InChI is InChI=1S/C16H26FN3O/c1-3-5-7-12(4-2)10-19-11-13-8-6-9-14(15(13)17)16(18)20-21/h6,8-9,12,19,21H,3-5,7,10-11H2,1-2H3,(H2,18,20). The van der Waals surface area contributed by atoms with Crippen molar-refractivity contribution in [2.45, 2.75) is 46.1 Å². The number of nitrogens with one attached hydrogen (secondary N) is 1. The Morgan fingerprint density at radius 1 is 1.43 bits per heavy atom. The van der Waals surface area contributed by atoms with Gasteiger partial charge in [-0.3, -0.25) is 0 Å². The van der Waals surface area contributed by atoms with Gasteiger partial charge in [0.25, 0.3) is 0 Å². The van der Waals surface area contributed by atoms with Crippen LogP contribution in [0.25, 0.3) is 0 Å². The number of unbranched alkanes of at least 4 members (excludes halogenated alkanes) is 1. The average molecular weight is 295 g/mol. The van der Waals surface area contributed by atoms with Gasteiger partial charge >= 0.3 is 0 Å². The lowest BCUT2D eigenvalue weighted by Gasteiger charge is -2.16. The van der Waals surface area contributed by atoms with Gasteiger partial charge in [0, 0.05) is 12.1 Å². The molecule has 0 aliphatic carbocycles. The van der Waals surface area contributed by atoms with Crippen LogP contribution in [0.2, 0.25) is 0 Å². The van der Waals surface area contributed by atoms with Gasteiger partial charge in [-0.05, 0) is 24.9 Å². The molecule has 1 aromatic carbocycles. The molecule has 4 N–H and O–H groups in total. The molecule has 1 aromatic rings. The molecular weight excluding hydrogens is 269 g/mol. The fraction of sp³-hybridized carbons (Fsp3) is 0.562. The average Bonchev–Trinajstić information content (AvgIpc) is 2.51. The van der Waals surface area contributed by atoms with E-state index < -0.39 is 5.82 Å². The molecule has 0 bridgehead atoms. The third-order valence-corrected chi connectivity index (χ3v) is 3.75. The largest absolute Gasteiger partial charge is 0.409 e. The predicted octanol–water partition coefficient (Wildman–Crippen LogP) is 3.23. The molecule has 0 aliphatic rings. The minimum Gasteiger partial charge on any atom is -0.409 e. The molecule has 118 valence electrons. The third kappa shape index (κ3) is 5.34. The van der Waals surface area contributed by atoms with Gasteiger partial charge in [0.15, 0.2) is 5.84 Å². The lowest BCUT2D eigenvalue weighted by Crippen LogP contribution is -2.23. The van der Waals surface area contributed by atoms with E-state index in [2.05, 4.69) is 24.3 Å². The molecule has 0 aliphatic heterocycles. The van der Waals surface area contributed by atoms with Gasteiger partial charge in [0.05, 0.1) is 5.56 Å². The van der Waals surface area contributed by atoms with Crippen molar-refractivity contribution in [1.29, 1.82) is 0 Å². The summed E-state index contributed by atoms with van der Waals surface area (Å²) in [5.74, 6) is -0.00842. The summed E-state index contributed by atoms with van der Waals surface area (Å²) < 4.78 is 14.2. The minimum atomic E-state index is -0.429. The molecule has 1 rings (SSSR count). The maximum absolute atomic E-state index is 14.2. The number of nitrogens with two attached hydrogens (primary N) is 1. The number of hydrogen-bond donors (Lipinski definition) is 3. The lowest BCUT2D eigenvalue weighted by molar-refractivity contribution is 0.318. The summed E-state index contributed by atoms with van der Waals surface area (Å²) in [4.78, 5) is 0. The number of amidine groups is 1. The van der Waals surface area contributed by atoms with Crippen LogP contribution < -0.4 is 11.1 Å². The van der Waals surface area contributed by atoms with Crippen molar-refractivity contribution < 1.29 is 9.60 Å². The zero-order valence-corrected chi connectivity index (χ0v) is 12.9. The molecule has 0 fully saturated rings. The predicted molar refractivity (Wildman–Crippen MR) is 83.9 cm³/mol. The first-order valence-electron chi connectivity index (χ1n) is 7.59. The third-order valence-electron chi connectivity index (χ3n) is 3.75. The lowest BCUT2D eigenvalue weighted by atomic mass is 9.99. The number of benzene rings is 1. The molecular formula is C16H26FN3O. The minimum absolute atomic E-state index is 0.134. The van der Waals surface area contributed by atoms with Gasteiger partial charge in [0.1, 0.15) is 5.82 Å². The van der Waals surface area contributed by atoms with E-state index in [0.717, 1.165) is 13.0 Å². The number of hydrogen-bond acceptors (Lipinski definition) is 3. The second-order valence-electron chi connectivity index (χ2n) is 5.31. The van der Waals surface area contributed by atoms with Crippen LogP contribution >= 0.6 is 0 Å². The summed E-state index contributed by atoms with van der Waals surface area (Å²) in [6.45, 7) is 5.69. The Morgan fingerprint density at radius 2 is 2.19 bits per heavy atom. The van der Waals surface area contributed by atoms with Gasteiger partial charge < -0.3 is 16.3 Å². The Hall–Kier alpha value is -1.62. The van der Waals surface area contributed by atoms with Gasteiger partial charge in [0.2, 0.25) is 0 Å². The molecule has 0 radical (unpaired) electrons. The number of nitrogens with zero attached hydrogens (tertiary/aromatic N) is 1. The Bertz CT molecular complexity index is 463. The van der Waals surface area contributed by atoms with Crippen molar-refractivity contribution in [2.75, 3.05) is 6.54 Å². The van der Waals surface area contributed by atoms with Crippen molar-refractivity contribution in [3.8, 4) is 0 Å². The molecule has 0 saturated carbocycles. The quantitative estimate of drug-likeness (QED) is 0.283. The highest BCUT2D eigenvalue weighted by atomic mass is 19.1. The molecule has 1 atom stereocenters. The van der Waals surface area contributed by atoms with Crippen LogP contribution in [-0.4, -0.2) is 17.6 Å². The summed E-state index contributed by atoms with van der Waals surface area (Å²) in [6.07, 6.45) is 4.76. The topological polar surface area (TPSA) is 70.6 Å². The first-order valence-corrected chi connectivity index (χ1v) is 7.59. The summed E-state index contributed by atoms with van der Waals surface area (Å²) in [6, 6.07) is 4.93. The molecule has 1 unspecified atom stereocenters. The van der Waals surface area contributed by atoms with Crippen LogP contribution in [0.4, 0.5) is 4.39 Å². The Balaban J connectivity index is 2.59. The summed E-state index contributed by atoms with van der Waals surface area (Å²) >= 11 is 0. The van der Waals surface area contributed by atoms with E-state index in [4.69, 9.17) is 10.9 Å². The summed E-state index contributed by atoms with van der Waals surface area (Å²) in [5.41, 5.74) is 6.12. The molecule has 0 spiro atoms. The molecule has 0 amide bonds. The van der Waals surface area contributed by atoms with E-state index in [1.807, 2.05) is 0 Å².